The van der Waals surface area contributed by atoms with Crippen molar-refractivity contribution in [1.82, 2.24) is 10.3 Å². The number of nitrogens with two attached hydrogens (primary N) is 1. The van der Waals surface area contributed by atoms with Crippen LogP contribution in [0.25, 0.3) is 10.9 Å². The molecule has 0 spiro atoms. The third-order valence-corrected chi connectivity index (χ3v) is 3.01. The molecule has 2 atom stereocenters. The van der Waals surface area contributed by atoms with Gasteiger partial charge < -0.3 is 16.2 Å². The summed E-state index contributed by atoms with van der Waals surface area (Å²) in [7, 11) is 0. The van der Waals surface area contributed by atoms with Crippen LogP contribution in [0.15, 0.2) is 36.5 Å². The summed E-state index contributed by atoms with van der Waals surface area (Å²) < 4.78 is 0. The van der Waals surface area contributed by atoms with Crippen molar-refractivity contribution in [1.29, 1.82) is 0 Å². The number of carbonyl (C=O) groups excluding carboxylic acids is 1. The Morgan fingerprint density at radius 3 is 2.89 bits per heavy atom. The zero-order chi connectivity index (χ0) is 13.8. The number of hydrogen-bond acceptors (Lipinski definition) is 4. The molecule has 2 unspecified atom stereocenters. The number of rotatable bonds is 4. The van der Waals surface area contributed by atoms with Crippen molar-refractivity contribution in [3.63, 3.8) is 0 Å². The van der Waals surface area contributed by atoms with E-state index in [1.807, 2.05) is 24.3 Å². The fraction of sp³-hybridized carbons (Fsp3) is 0.286. The quantitative estimate of drug-likeness (QED) is 0.753. The third-order valence-electron chi connectivity index (χ3n) is 3.01. The Labute approximate surface area is 111 Å². The van der Waals surface area contributed by atoms with Crippen LogP contribution in [0, 0.1) is 0 Å². The van der Waals surface area contributed by atoms with E-state index in [0.29, 0.717) is 5.56 Å². The number of para-hydroxylation sites is 1. The highest BCUT2D eigenvalue weighted by molar-refractivity contribution is 6.05. The van der Waals surface area contributed by atoms with Gasteiger partial charge in [0, 0.05) is 24.2 Å². The number of carbonyl (C=O) groups is 1. The first kappa shape index (κ1) is 13.5. The van der Waals surface area contributed by atoms with Gasteiger partial charge in [0.25, 0.3) is 5.91 Å². The second kappa shape index (κ2) is 5.77. The Kier molecular flexibility index (Phi) is 4.09. The van der Waals surface area contributed by atoms with E-state index < -0.39 is 12.1 Å². The van der Waals surface area contributed by atoms with E-state index in [1.165, 1.54) is 0 Å². The molecular formula is C14H17N3O2. The lowest BCUT2D eigenvalue weighted by atomic mass is 10.1. The molecule has 0 fully saturated rings. The number of aliphatic hydroxyl groups is 1. The maximum Gasteiger partial charge on any atom is 0.252 e. The molecule has 2 aromatic rings. The summed E-state index contributed by atoms with van der Waals surface area (Å²) in [6, 6.07) is 8.64. The highest BCUT2D eigenvalue weighted by Crippen LogP contribution is 2.15. The molecule has 0 bridgehead atoms. The topological polar surface area (TPSA) is 88.2 Å². The SMILES string of the molecule is CC(O)C(N)CNC(=O)c1ccnc2ccccc12. The fourth-order valence-corrected chi connectivity index (χ4v) is 1.77. The van der Waals surface area contributed by atoms with Crippen LogP contribution in [0.3, 0.4) is 0 Å². The lowest BCUT2D eigenvalue weighted by Gasteiger charge is -2.15. The van der Waals surface area contributed by atoms with Gasteiger partial charge in [-0.2, -0.15) is 0 Å². The van der Waals surface area contributed by atoms with Crippen LogP contribution >= 0.6 is 0 Å². The van der Waals surface area contributed by atoms with Gasteiger partial charge in [-0.25, -0.2) is 0 Å². The number of nitrogens with zero attached hydrogens (tertiary/aromatic N) is 1. The summed E-state index contributed by atoms with van der Waals surface area (Å²) in [4.78, 5) is 16.3. The van der Waals surface area contributed by atoms with Gasteiger partial charge in [-0.15, -0.1) is 0 Å². The Morgan fingerprint density at radius 1 is 1.42 bits per heavy atom. The molecular weight excluding hydrogens is 242 g/mol. The first-order chi connectivity index (χ1) is 9.09. The maximum atomic E-state index is 12.1. The number of benzene rings is 1. The van der Waals surface area contributed by atoms with Gasteiger partial charge >= 0.3 is 0 Å². The van der Waals surface area contributed by atoms with Crippen molar-refractivity contribution in [2.45, 2.75) is 19.1 Å². The summed E-state index contributed by atoms with van der Waals surface area (Å²) in [5.41, 5.74) is 7.01. The molecule has 5 nitrogen and oxygen atoms in total. The molecule has 0 aliphatic rings. The van der Waals surface area contributed by atoms with E-state index in [-0.39, 0.29) is 12.5 Å². The highest BCUT2D eigenvalue weighted by Gasteiger charge is 2.13. The minimum absolute atomic E-state index is 0.213. The smallest absolute Gasteiger partial charge is 0.252 e. The third kappa shape index (κ3) is 3.07. The van der Waals surface area contributed by atoms with E-state index in [2.05, 4.69) is 10.3 Å². The van der Waals surface area contributed by atoms with Crippen molar-refractivity contribution in [2.24, 2.45) is 5.73 Å². The predicted molar refractivity (Wildman–Crippen MR) is 73.7 cm³/mol. The first-order valence-electron chi connectivity index (χ1n) is 6.15. The Bertz CT molecular complexity index is 578. The van der Waals surface area contributed by atoms with Crippen molar-refractivity contribution in [3.8, 4) is 0 Å². The molecule has 1 amide bonds. The summed E-state index contributed by atoms with van der Waals surface area (Å²) in [6.07, 6.45) is 0.945. The summed E-state index contributed by atoms with van der Waals surface area (Å²) in [6.45, 7) is 1.83. The fourth-order valence-electron chi connectivity index (χ4n) is 1.77. The predicted octanol–water partition coefficient (Wildman–Crippen LogP) is 0.673. The number of hydrogen-bond donors (Lipinski definition) is 3. The van der Waals surface area contributed by atoms with Gasteiger partial charge in [-0.05, 0) is 19.1 Å². The van der Waals surface area contributed by atoms with Crippen LogP contribution in [-0.2, 0) is 0 Å². The van der Waals surface area contributed by atoms with Gasteiger partial charge in [0.1, 0.15) is 0 Å². The van der Waals surface area contributed by atoms with E-state index >= 15 is 0 Å². The van der Waals surface area contributed by atoms with E-state index in [4.69, 9.17) is 5.73 Å². The minimum atomic E-state index is -0.658. The molecule has 1 aromatic heterocycles. The van der Waals surface area contributed by atoms with Gasteiger partial charge in [-0.1, -0.05) is 18.2 Å². The van der Waals surface area contributed by atoms with Crippen molar-refractivity contribution >= 4 is 16.8 Å². The molecule has 2 rings (SSSR count). The van der Waals surface area contributed by atoms with Crippen LogP contribution in [0.5, 0.6) is 0 Å². The minimum Gasteiger partial charge on any atom is -0.392 e. The number of pyridine rings is 1. The molecule has 0 aliphatic heterocycles. The first-order valence-corrected chi connectivity index (χ1v) is 6.15. The van der Waals surface area contributed by atoms with Crippen LogP contribution in [0.4, 0.5) is 0 Å². The Hall–Kier alpha value is -1.98. The van der Waals surface area contributed by atoms with Gasteiger partial charge in [0.15, 0.2) is 0 Å². The monoisotopic (exact) mass is 259 g/mol. The highest BCUT2D eigenvalue weighted by atomic mass is 16.3. The Balaban J connectivity index is 2.18. The molecule has 19 heavy (non-hydrogen) atoms. The molecule has 0 saturated heterocycles. The lowest BCUT2D eigenvalue weighted by molar-refractivity contribution is 0.0939. The molecule has 4 N–H and O–H groups in total. The second-order valence-electron chi connectivity index (χ2n) is 4.49. The Morgan fingerprint density at radius 2 is 2.16 bits per heavy atom. The summed E-state index contributed by atoms with van der Waals surface area (Å²) in [5.74, 6) is -0.213. The molecule has 1 heterocycles. The van der Waals surface area contributed by atoms with Crippen LogP contribution in [0.1, 0.15) is 17.3 Å². The van der Waals surface area contributed by atoms with Crippen molar-refractivity contribution in [2.75, 3.05) is 6.54 Å². The van der Waals surface area contributed by atoms with Gasteiger partial charge in [-0.3, -0.25) is 9.78 Å². The van der Waals surface area contributed by atoms with Crippen molar-refractivity contribution < 1.29 is 9.90 Å². The molecule has 0 aliphatic carbocycles. The summed E-state index contributed by atoms with van der Waals surface area (Å²) in [5, 5.41) is 12.8. The zero-order valence-electron chi connectivity index (χ0n) is 10.7. The summed E-state index contributed by atoms with van der Waals surface area (Å²) >= 11 is 0. The largest absolute Gasteiger partial charge is 0.392 e. The van der Waals surface area contributed by atoms with Gasteiger partial charge in [0.05, 0.1) is 17.2 Å². The number of nitrogens with one attached hydrogen (secondary N) is 1. The number of aliphatic hydroxyl groups excluding tert-OH is 1. The number of aromatic nitrogens is 1. The molecule has 100 valence electrons. The average Bonchev–Trinajstić information content (AvgIpc) is 2.43. The second-order valence-corrected chi connectivity index (χ2v) is 4.49. The van der Waals surface area contributed by atoms with Crippen LogP contribution in [0.2, 0.25) is 0 Å². The zero-order valence-corrected chi connectivity index (χ0v) is 10.7. The molecule has 5 heteroatoms. The van der Waals surface area contributed by atoms with Crippen molar-refractivity contribution in [3.05, 3.63) is 42.1 Å². The van der Waals surface area contributed by atoms with E-state index in [0.717, 1.165) is 10.9 Å². The number of fused-ring (bicyclic) bond motifs is 1. The maximum absolute atomic E-state index is 12.1. The van der Waals surface area contributed by atoms with Gasteiger partial charge in [0.2, 0.25) is 0 Å². The number of amides is 1. The normalized spacial score (nSPS) is 14.1. The lowest BCUT2D eigenvalue weighted by Crippen LogP contribution is -2.43. The van der Waals surface area contributed by atoms with E-state index in [9.17, 15) is 9.90 Å². The molecule has 1 aromatic carbocycles. The molecule has 0 saturated carbocycles. The molecule has 0 radical (unpaired) electrons. The van der Waals surface area contributed by atoms with Crippen LogP contribution in [-0.4, -0.2) is 34.7 Å². The van der Waals surface area contributed by atoms with Crippen LogP contribution < -0.4 is 11.1 Å². The average molecular weight is 259 g/mol. The standard InChI is InChI=1S/C14H17N3O2/c1-9(18)12(15)8-17-14(19)11-6-7-16-13-5-3-2-4-10(11)13/h2-7,9,12,18H,8,15H2,1H3,(H,17,19). The van der Waals surface area contributed by atoms with E-state index in [1.54, 1.807) is 19.2 Å².